The van der Waals surface area contributed by atoms with Crippen molar-refractivity contribution in [2.24, 2.45) is 0 Å². The molecule has 1 aromatic heterocycles. The van der Waals surface area contributed by atoms with E-state index in [0.717, 1.165) is 5.69 Å². The molecule has 0 aliphatic carbocycles. The van der Waals surface area contributed by atoms with Gasteiger partial charge in [0, 0.05) is 28.1 Å². The van der Waals surface area contributed by atoms with Crippen molar-refractivity contribution in [3.8, 4) is 22.4 Å². The molecule has 5 aromatic rings. The van der Waals surface area contributed by atoms with Crippen molar-refractivity contribution in [1.29, 1.82) is 0 Å². The Hall–Kier alpha value is -3.65. The van der Waals surface area contributed by atoms with E-state index in [2.05, 4.69) is 83.8 Å². The van der Waals surface area contributed by atoms with Gasteiger partial charge in [0.25, 0.3) is 0 Å². The summed E-state index contributed by atoms with van der Waals surface area (Å²) in [5, 5.41) is 5.10. The fraction of sp³-hybridized carbons (Fsp3) is 0. The second kappa shape index (κ2) is 4.54. The van der Waals surface area contributed by atoms with Gasteiger partial charge in [-0.25, -0.2) is 0 Å². The normalized spacial score (nSPS) is 13.1. The molecule has 2 aliphatic rings. The molecule has 0 bridgehead atoms. The van der Waals surface area contributed by atoms with Crippen molar-refractivity contribution in [3.05, 3.63) is 85.1 Å². The summed E-state index contributed by atoms with van der Waals surface area (Å²) in [7, 11) is 0. The summed E-state index contributed by atoms with van der Waals surface area (Å²) in [4.78, 5) is 7.23. The van der Waals surface area contributed by atoms with Crippen molar-refractivity contribution in [3.63, 3.8) is 0 Å². The maximum Gasteiger partial charge on any atom is 0.0822 e. The van der Waals surface area contributed by atoms with Gasteiger partial charge in [0.1, 0.15) is 0 Å². The number of pyridine rings is 1. The minimum absolute atomic E-state index is 1.09. The Morgan fingerprint density at radius 1 is 0.556 bits per heavy atom. The third-order valence-corrected chi connectivity index (χ3v) is 5.94. The highest BCUT2D eigenvalue weighted by atomic mass is 15.2. The molecule has 0 unspecified atom stereocenters. The molecule has 124 valence electrons. The molecule has 0 amide bonds. The van der Waals surface area contributed by atoms with Crippen LogP contribution in [0, 0.1) is 0 Å². The lowest BCUT2D eigenvalue weighted by atomic mass is 9.85. The molecule has 0 saturated carbocycles. The van der Waals surface area contributed by atoms with E-state index in [1.54, 1.807) is 0 Å². The first kappa shape index (κ1) is 13.5. The third kappa shape index (κ3) is 1.51. The Balaban J connectivity index is 1.81. The van der Waals surface area contributed by atoms with Gasteiger partial charge in [0.2, 0.25) is 0 Å². The molecule has 3 heterocycles. The molecule has 0 radical (unpaired) electrons. The summed E-state index contributed by atoms with van der Waals surface area (Å²) in [5.74, 6) is 0. The molecular formula is C25H14N2. The van der Waals surface area contributed by atoms with Crippen LogP contribution in [0.4, 0.5) is 17.1 Å². The number of anilines is 3. The Bertz CT molecular complexity index is 1430. The largest absolute Gasteiger partial charge is 0.308 e. The summed E-state index contributed by atoms with van der Waals surface area (Å²) < 4.78 is 0. The van der Waals surface area contributed by atoms with Gasteiger partial charge in [0.15, 0.2) is 0 Å². The summed E-state index contributed by atoms with van der Waals surface area (Å²) in [6, 6.07) is 28.5. The number of benzene rings is 4. The van der Waals surface area contributed by atoms with Crippen LogP contribution >= 0.6 is 0 Å². The van der Waals surface area contributed by atoms with Crippen molar-refractivity contribution in [2.75, 3.05) is 4.90 Å². The zero-order valence-electron chi connectivity index (χ0n) is 14.5. The number of rotatable bonds is 0. The first-order valence-electron chi connectivity index (χ1n) is 9.25. The molecule has 0 fully saturated rings. The van der Waals surface area contributed by atoms with Crippen molar-refractivity contribution >= 4 is 38.6 Å². The molecule has 2 heteroatoms. The summed E-state index contributed by atoms with van der Waals surface area (Å²) in [6.45, 7) is 0. The molecule has 0 N–H and O–H groups in total. The topological polar surface area (TPSA) is 16.1 Å². The number of hydrogen-bond acceptors (Lipinski definition) is 2. The van der Waals surface area contributed by atoms with Crippen molar-refractivity contribution in [2.45, 2.75) is 0 Å². The van der Waals surface area contributed by atoms with Gasteiger partial charge < -0.3 is 4.90 Å². The average molecular weight is 342 g/mol. The Morgan fingerprint density at radius 3 is 2.30 bits per heavy atom. The average Bonchev–Trinajstić information content (AvgIpc) is 2.74. The van der Waals surface area contributed by atoms with Crippen LogP contribution in [-0.2, 0) is 0 Å². The maximum atomic E-state index is 4.79. The highest BCUT2D eigenvalue weighted by Gasteiger charge is 2.33. The number of para-hydroxylation sites is 1. The second-order valence-electron chi connectivity index (χ2n) is 7.25. The van der Waals surface area contributed by atoms with Gasteiger partial charge in [-0.3, -0.25) is 4.98 Å². The van der Waals surface area contributed by atoms with Crippen LogP contribution < -0.4 is 4.90 Å². The van der Waals surface area contributed by atoms with Crippen molar-refractivity contribution < 1.29 is 0 Å². The molecule has 7 rings (SSSR count). The van der Waals surface area contributed by atoms with Crippen LogP contribution in [0.2, 0.25) is 0 Å². The Morgan fingerprint density at radius 2 is 1.33 bits per heavy atom. The predicted molar refractivity (Wildman–Crippen MR) is 112 cm³/mol. The summed E-state index contributed by atoms with van der Waals surface area (Å²) in [5.41, 5.74) is 8.61. The molecule has 4 aromatic carbocycles. The van der Waals surface area contributed by atoms with E-state index in [0.29, 0.717) is 0 Å². The quantitative estimate of drug-likeness (QED) is 0.301. The van der Waals surface area contributed by atoms with Gasteiger partial charge >= 0.3 is 0 Å². The minimum atomic E-state index is 1.09. The van der Waals surface area contributed by atoms with Crippen LogP contribution in [0.5, 0.6) is 0 Å². The molecular weight excluding hydrogens is 328 g/mol. The number of fused-ring (bicyclic) bond motifs is 5. The molecule has 27 heavy (non-hydrogen) atoms. The molecule has 2 nitrogen and oxygen atoms in total. The Kier molecular flexibility index (Phi) is 2.28. The molecule has 2 aliphatic heterocycles. The number of nitrogens with zero attached hydrogens (tertiary/aromatic N) is 2. The van der Waals surface area contributed by atoms with Gasteiger partial charge in [-0.15, -0.1) is 0 Å². The van der Waals surface area contributed by atoms with Gasteiger partial charge in [-0.05, 0) is 34.5 Å². The van der Waals surface area contributed by atoms with E-state index < -0.39 is 0 Å². The van der Waals surface area contributed by atoms with Gasteiger partial charge in [-0.2, -0.15) is 0 Å². The lowest BCUT2D eigenvalue weighted by Gasteiger charge is -2.38. The minimum Gasteiger partial charge on any atom is -0.308 e. The zero-order valence-corrected chi connectivity index (χ0v) is 14.5. The van der Waals surface area contributed by atoms with Crippen LogP contribution in [-0.4, -0.2) is 4.98 Å². The smallest absolute Gasteiger partial charge is 0.0822 e. The van der Waals surface area contributed by atoms with E-state index >= 15 is 0 Å². The second-order valence-corrected chi connectivity index (χ2v) is 7.25. The molecule has 0 spiro atoms. The van der Waals surface area contributed by atoms with Crippen LogP contribution in [0.3, 0.4) is 0 Å². The zero-order chi connectivity index (χ0) is 17.5. The van der Waals surface area contributed by atoms with Crippen LogP contribution in [0.15, 0.2) is 85.1 Å². The number of aromatic nitrogens is 1. The van der Waals surface area contributed by atoms with Gasteiger partial charge in [-0.1, -0.05) is 60.7 Å². The van der Waals surface area contributed by atoms with E-state index in [-0.39, 0.29) is 0 Å². The Labute approximate surface area is 156 Å². The van der Waals surface area contributed by atoms with Crippen LogP contribution in [0.1, 0.15) is 0 Å². The van der Waals surface area contributed by atoms with E-state index in [1.165, 1.54) is 55.3 Å². The monoisotopic (exact) mass is 342 g/mol. The summed E-state index contributed by atoms with van der Waals surface area (Å²) >= 11 is 0. The fourth-order valence-corrected chi connectivity index (χ4v) is 4.88. The first-order chi connectivity index (χ1) is 13.4. The standard InChI is InChI=1S/C25H14N2/c1-2-9-20-19(7-1)24-23-16(13-14-26-24)11-12-18-17-8-3-5-15-6-4-10-21(22(15)17)27(20)25(18)23/h1-14H. The van der Waals surface area contributed by atoms with E-state index in [9.17, 15) is 0 Å². The van der Waals surface area contributed by atoms with E-state index in [1.807, 2.05) is 6.20 Å². The van der Waals surface area contributed by atoms with Crippen LogP contribution in [0.25, 0.3) is 43.9 Å². The first-order valence-corrected chi connectivity index (χ1v) is 9.25. The van der Waals surface area contributed by atoms with Gasteiger partial charge in [0.05, 0.1) is 22.8 Å². The maximum absolute atomic E-state index is 4.79. The lowest BCUT2D eigenvalue weighted by molar-refractivity contribution is 1.25. The highest BCUT2D eigenvalue weighted by Crippen LogP contribution is 2.58. The van der Waals surface area contributed by atoms with Crippen molar-refractivity contribution in [1.82, 2.24) is 4.98 Å². The highest BCUT2D eigenvalue weighted by molar-refractivity contribution is 6.23. The predicted octanol–water partition coefficient (Wildman–Crippen LogP) is 6.82. The lowest BCUT2D eigenvalue weighted by Crippen LogP contribution is -2.19. The third-order valence-electron chi connectivity index (χ3n) is 5.94. The molecule has 0 atom stereocenters. The number of hydrogen-bond donors (Lipinski definition) is 0. The summed E-state index contributed by atoms with van der Waals surface area (Å²) in [6.07, 6.45) is 1.92. The molecule has 0 saturated heterocycles. The SMILES string of the molecule is c1ccc2c(c1)-c1nccc3ccc4c(c13)N2c1cccc2cccc-4c12. The van der Waals surface area contributed by atoms with E-state index in [4.69, 9.17) is 4.98 Å². The fourth-order valence-electron chi connectivity index (χ4n) is 4.88.